The first kappa shape index (κ1) is 17.5. The maximum absolute atomic E-state index is 12.6. The van der Waals surface area contributed by atoms with E-state index in [2.05, 4.69) is 20.8 Å². The van der Waals surface area contributed by atoms with Crippen LogP contribution in [0.25, 0.3) is 0 Å². The second kappa shape index (κ2) is 5.82. The molecule has 0 saturated heterocycles. The van der Waals surface area contributed by atoms with Crippen molar-refractivity contribution in [1.29, 1.82) is 0 Å². The van der Waals surface area contributed by atoms with Gasteiger partial charge in [-0.3, -0.25) is 9.59 Å². The molecule has 0 amide bonds. The summed E-state index contributed by atoms with van der Waals surface area (Å²) in [5.41, 5.74) is 0.166. The molecule has 0 N–H and O–H groups in total. The zero-order chi connectivity index (χ0) is 18.0. The number of rotatable bonds is 1. The molecule has 140 valence electrons. The van der Waals surface area contributed by atoms with Crippen LogP contribution in [0.2, 0.25) is 0 Å². The highest BCUT2D eigenvalue weighted by atomic mass is 16.5. The smallest absolute Gasteiger partial charge is 0.302 e. The summed E-state index contributed by atoms with van der Waals surface area (Å²) < 4.78 is 5.89. The third-order valence-corrected chi connectivity index (χ3v) is 8.87. The second-order valence-corrected chi connectivity index (χ2v) is 10.2. The minimum atomic E-state index is -0.134. The van der Waals surface area contributed by atoms with Crippen molar-refractivity contribution in [1.82, 2.24) is 0 Å². The fourth-order valence-corrected chi connectivity index (χ4v) is 7.82. The van der Waals surface area contributed by atoms with E-state index in [0.29, 0.717) is 29.5 Å². The van der Waals surface area contributed by atoms with Gasteiger partial charge in [-0.15, -0.1) is 0 Å². The van der Waals surface area contributed by atoms with E-state index in [9.17, 15) is 9.59 Å². The molecule has 25 heavy (non-hydrogen) atoms. The van der Waals surface area contributed by atoms with Crippen LogP contribution in [0.3, 0.4) is 0 Å². The topological polar surface area (TPSA) is 43.4 Å². The van der Waals surface area contributed by atoms with Gasteiger partial charge in [-0.05, 0) is 67.6 Å². The SMILES string of the molecule is CC(=O)OC1CC2C3CCC(=O)C3(C)CCC2C2(C)CC(C)CCC12. The van der Waals surface area contributed by atoms with Gasteiger partial charge in [0.05, 0.1) is 0 Å². The Morgan fingerprint density at radius 1 is 1.08 bits per heavy atom. The molecule has 0 radical (unpaired) electrons. The molecule has 8 unspecified atom stereocenters. The zero-order valence-electron chi connectivity index (χ0n) is 16.3. The van der Waals surface area contributed by atoms with E-state index in [1.54, 1.807) is 6.92 Å². The predicted molar refractivity (Wildman–Crippen MR) is 96.8 cm³/mol. The number of ether oxygens (including phenoxy) is 1. The molecule has 0 aromatic heterocycles. The number of ketones is 1. The fraction of sp³-hybridized carbons (Fsp3) is 0.909. The third kappa shape index (κ3) is 2.51. The lowest BCUT2D eigenvalue weighted by Gasteiger charge is -2.62. The van der Waals surface area contributed by atoms with Crippen molar-refractivity contribution in [2.75, 3.05) is 0 Å². The van der Waals surface area contributed by atoms with Crippen molar-refractivity contribution in [2.24, 2.45) is 40.4 Å². The monoisotopic (exact) mass is 346 g/mol. The molecule has 8 atom stereocenters. The highest BCUT2D eigenvalue weighted by molar-refractivity contribution is 5.87. The van der Waals surface area contributed by atoms with Crippen molar-refractivity contribution in [3.05, 3.63) is 0 Å². The Balaban J connectivity index is 1.70. The predicted octanol–water partition coefficient (Wildman–Crippen LogP) is 4.78. The maximum atomic E-state index is 12.6. The molecule has 3 nitrogen and oxygen atoms in total. The summed E-state index contributed by atoms with van der Waals surface area (Å²) in [7, 11) is 0. The molecule has 0 spiro atoms. The van der Waals surface area contributed by atoms with E-state index < -0.39 is 0 Å². The average Bonchev–Trinajstić information content (AvgIpc) is 2.82. The van der Waals surface area contributed by atoms with Gasteiger partial charge in [-0.1, -0.05) is 27.2 Å². The highest BCUT2D eigenvalue weighted by Crippen LogP contribution is 2.66. The van der Waals surface area contributed by atoms with Gasteiger partial charge >= 0.3 is 5.97 Å². The number of hydrogen-bond acceptors (Lipinski definition) is 3. The van der Waals surface area contributed by atoms with E-state index in [4.69, 9.17) is 4.74 Å². The zero-order valence-corrected chi connectivity index (χ0v) is 16.3. The molecule has 4 rings (SSSR count). The maximum Gasteiger partial charge on any atom is 0.302 e. The molecular formula is C22H34O3. The second-order valence-electron chi connectivity index (χ2n) is 10.2. The van der Waals surface area contributed by atoms with E-state index in [1.807, 2.05) is 0 Å². The van der Waals surface area contributed by atoms with Gasteiger partial charge in [0.25, 0.3) is 0 Å². The van der Waals surface area contributed by atoms with Crippen LogP contribution in [0.15, 0.2) is 0 Å². The minimum absolute atomic E-state index is 0.0642. The van der Waals surface area contributed by atoms with Gasteiger partial charge < -0.3 is 4.74 Å². The number of carbonyl (C=O) groups excluding carboxylic acids is 2. The van der Waals surface area contributed by atoms with Crippen LogP contribution >= 0.6 is 0 Å². The van der Waals surface area contributed by atoms with Crippen LogP contribution in [-0.4, -0.2) is 17.9 Å². The average molecular weight is 347 g/mol. The lowest BCUT2D eigenvalue weighted by Crippen LogP contribution is -2.58. The molecule has 0 bridgehead atoms. The molecular weight excluding hydrogens is 312 g/mol. The van der Waals surface area contributed by atoms with Crippen molar-refractivity contribution in [3.63, 3.8) is 0 Å². The summed E-state index contributed by atoms with van der Waals surface area (Å²) in [5.74, 6) is 3.39. The van der Waals surface area contributed by atoms with Crippen LogP contribution in [-0.2, 0) is 14.3 Å². The summed E-state index contributed by atoms with van der Waals surface area (Å²) in [6.07, 6.45) is 8.85. The summed E-state index contributed by atoms with van der Waals surface area (Å²) in [6.45, 7) is 8.65. The Morgan fingerprint density at radius 3 is 2.56 bits per heavy atom. The van der Waals surface area contributed by atoms with E-state index >= 15 is 0 Å². The van der Waals surface area contributed by atoms with Crippen molar-refractivity contribution < 1.29 is 14.3 Å². The Kier molecular flexibility index (Phi) is 4.09. The number of carbonyl (C=O) groups is 2. The Morgan fingerprint density at radius 2 is 1.84 bits per heavy atom. The molecule has 4 fully saturated rings. The molecule has 0 aromatic rings. The van der Waals surface area contributed by atoms with Crippen molar-refractivity contribution in [3.8, 4) is 0 Å². The van der Waals surface area contributed by atoms with E-state index in [0.717, 1.165) is 31.6 Å². The van der Waals surface area contributed by atoms with E-state index in [-0.39, 0.29) is 22.9 Å². The Labute approximate surface area is 152 Å². The summed E-state index contributed by atoms with van der Waals surface area (Å²) in [6, 6.07) is 0. The normalized spacial score (nSPS) is 52.1. The number of esters is 1. The molecule has 4 aliphatic carbocycles. The van der Waals surface area contributed by atoms with Gasteiger partial charge in [-0.2, -0.15) is 0 Å². The van der Waals surface area contributed by atoms with Gasteiger partial charge in [0.1, 0.15) is 11.9 Å². The van der Waals surface area contributed by atoms with Crippen LogP contribution in [0.5, 0.6) is 0 Å². The van der Waals surface area contributed by atoms with Crippen molar-refractivity contribution in [2.45, 2.75) is 85.2 Å². The summed E-state index contributed by atoms with van der Waals surface area (Å²) in [4.78, 5) is 24.4. The summed E-state index contributed by atoms with van der Waals surface area (Å²) in [5, 5.41) is 0. The lowest BCUT2D eigenvalue weighted by molar-refractivity contribution is -0.186. The third-order valence-electron chi connectivity index (χ3n) is 8.87. The Hall–Kier alpha value is -0.860. The first-order valence-electron chi connectivity index (χ1n) is 10.5. The van der Waals surface area contributed by atoms with Gasteiger partial charge in [-0.25, -0.2) is 0 Å². The first-order valence-corrected chi connectivity index (χ1v) is 10.5. The molecule has 4 saturated carbocycles. The fourth-order valence-electron chi connectivity index (χ4n) is 7.82. The van der Waals surface area contributed by atoms with Crippen LogP contribution in [0.4, 0.5) is 0 Å². The van der Waals surface area contributed by atoms with E-state index in [1.165, 1.54) is 25.7 Å². The quantitative estimate of drug-likeness (QED) is 0.642. The van der Waals surface area contributed by atoms with Gasteiger partial charge in [0, 0.05) is 24.7 Å². The van der Waals surface area contributed by atoms with Crippen LogP contribution in [0, 0.1) is 40.4 Å². The molecule has 0 aromatic carbocycles. The standard InChI is InChI=1S/C22H34O3/c1-13-5-6-18-19(25-14(2)23)11-15-16-7-8-20(24)21(16,3)10-9-17(15)22(18,4)12-13/h13,15-19H,5-12H2,1-4H3. The largest absolute Gasteiger partial charge is 0.462 e. The molecule has 0 heterocycles. The first-order chi connectivity index (χ1) is 11.8. The molecule has 3 heteroatoms. The molecule has 4 aliphatic rings. The number of fused-ring (bicyclic) bond motifs is 5. The van der Waals surface area contributed by atoms with Crippen LogP contribution in [0.1, 0.15) is 79.1 Å². The van der Waals surface area contributed by atoms with Crippen LogP contribution < -0.4 is 0 Å². The van der Waals surface area contributed by atoms with Gasteiger partial charge in [0.15, 0.2) is 0 Å². The number of Topliss-reactive ketones (excluding diaryl/α,β-unsaturated/α-hetero) is 1. The minimum Gasteiger partial charge on any atom is -0.462 e. The highest BCUT2D eigenvalue weighted by Gasteiger charge is 2.62. The number of hydrogen-bond donors (Lipinski definition) is 0. The summed E-state index contributed by atoms with van der Waals surface area (Å²) >= 11 is 0. The lowest BCUT2D eigenvalue weighted by atomic mass is 9.44. The molecule has 0 aliphatic heterocycles. The Bertz CT molecular complexity index is 584. The van der Waals surface area contributed by atoms with Crippen molar-refractivity contribution >= 4 is 11.8 Å². The van der Waals surface area contributed by atoms with Gasteiger partial charge in [0.2, 0.25) is 0 Å².